The molecule has 0 aliphatic carbocycles. The molecule has 2 fully saturated rings. The second-order valence-electron chi connectivity index (χ2n) is 5.93. The number of rotatable bonds is 2. The lowest BCUT2D eigenvalue weighted by Gasteiger charge is -2.27. The Hall–Kier alpha value is -1.29. The Morgan fingerprint density at radius 1 is 1.32 bits per heavy atom. The molecule has 0 saturated carbocycles. The number of nitrogens with one attached hydrogen (secondary N) is 1. The molecule has 1 aromatic rings. The lowest BCUT2D eigenvalue weighted by atomic mass is 10.1. The van der Waals surface area contributed by atoms with E-state index < -0.39 is 0 Å². The van der Waals surface area contributed by atoms with Crippen molar-refractivity contribution in [1.82, 2.24) is 14.8 Å². The van der Waals surface area contributed by atoms with Gasteiger partial charge in [-0.05, 0) is 50.4 Å². The number of aromatic nitrogens is 1. The maximum absolute atomic E-state index is 12.6. The molecule has 1 unspecified atom stereocenters. The van der Waals surface area contributed by atoms with Gasteiger partial charge in [-0.3, -0.25) is 4.79 Å². The van der Waals surface area contributed by atoms with Gasteiger partial charge in [0.2, 0.25) is 0 Å². The number of carbonyl (C=O) groups excluding carboxylic acids is 1. The molecule has 2 aliphatic heterocycles. The summed E-state index contributed by atoms with van der Waals surface area (Å²) in [7, 11) is 0. The molecule has 1 amide bonds. The van der Waals surface area contributed by atoms with E-state index in [1.165, 1.54) is 0 Å². The van der Waals surface area contributed by atoms with Crippen molar-refractivity contribution in [3.05, 3.63) is 24.0 Å². The molecule has 0 radical (unpaired) electrons. The third-order valence-electron chi connectivity index (χ3n) is 4.41. The first kappa shape index (κ1) is 12.7. The number of nitrogens with zero attached hydrogens (tertiary/aromatic N) is 2. The van der Waals surface area contributed by atoms with Crippen molar-refractivity contribution < 1.29 is 4.79 Å². The topological polar surface area (TPSA) is 37.3 Å². The van der Waals surface area contributed by atoms with Crippen LogP contribution in [0, 0.1) is 5.92 Å². The van der Waals surface area contributed by atoms with Crippen LogP contribution in [-0.4, -0.2) is 41.6 Å². The summed E-state index contributed by atoms with van der Waals surface area (Å²) < 4.78 is 2.20. The zero-order valence-electron chi connectivity index (χ0n) is 11.6. The van der Waals surface area contributed by atoms with E-state index in [9.17, 15) is 4.79 Å². The smallest absolute Gasteiger partial charge is 0.270 e. The predicted octanol–water partition coefficient (Wildman–Crippen LogP) is 1.89. The highest BCUT2D eigenvalue weighted by molar-refractivity contribution is 5.93. The molecule has 0 spiro atoms. The number of piperidine rings is 1. The molecule has 0 bridgehead atoms. The molecule has 104 valence electrons. The van der Waals surface area contributed by atoms with Crippen molar-refractivity contribution in [3.63, 3.8) is 0 Å². The van der Waals surface area contributed by atoms with Crippen molar-refractivity contribution in [2.45, 2.75) is 32.2 Å². The van der Waals surface area contributed by atoms with Gasteiger partial charge < -0.3 is 14.8 Å². The van der Waals surface area contributed by atoms with Gasteiger partial charge >= 0.3 is 0 Å². The molecular formula is C15H23N3O. The molecule has 1 N–H and O–H groups in total. The second-order valence-corrected chi connectivity index (χ2v) is 5.93. The van der Waals surface area contributed by atoms with Crippen LogP contribution in [-0.2, 0) is 0 Å². The highest BCUT2D eigenvalue weighted by atomic mass is 16.2. The monoisotopic (exact) mass is 261 g/mol. The highest BCUT2D eigenvalue weighted by Crippen LogP contribution is 2.24. The lowest BCUT2D eigenvalue weighted by Crippen LogP contribution is -2.34. The first-order valence-electron chi connectivity index (χ1n) is 7.42. The summed E-state index contributed by atoms with van der Waals surface area (Å²) in [5, 5.41) is 3.38. The van der Waals surface area contributed by atoms with Crippen LogP contribution >= 0.6 is 0 Å². The maximum Gasteiger partial charge on any atom is 0.270 e. The van der Waals surface area contributed by atoms with Crippen LogP contribution in [0.25, 0.3) is 0 Å². The Morgan fingerprint density at radius 2 is 2.11 bits per heavy atom. The van der Waals surface area contributed by atoms with E-state index in [4.69, 9.17) is 0 Å². The average Bonchev–Trinajstić information content (AvgIpc) is 3.07. The van der Waals surface area contributed by atoms with Gasteiger partial charge in [-0.15, -0.1) is 0 Å². The summed E-state index contributed by atoms with van der Waals surface area (Å²) in [6.45, 7) is 6.15. The van der Waals surface area contributed by atoms with E-state index in [-0.39, 0.29) is 5.91 Å². The van der Waals surface area contributed by atoms with E-state index in [1.807, 2.05) is 17.0 Å². The first-order valence-corrected chi connectivity index (χ1v) is 7.42. The molecule has 4 heteroatoms. The quantitative estimate of drug-likeness (QED) is 0.883. The van der Waals surface area contributed by atoms with E-state index >= 15 is 0 Å². The second kappa shape index (κ2) is 5.37. The predicted molar refractivity (Wildman–Crippen MR) is 75.3 cm³/mol. The molecule has 19 heavy (non-hydrogen) atoms. The van der Waals surface area contributed by atoms with Crippen LogP contribution < -0.4 is 5.32 Å². The number of hydrogen-bond donors (Lipinski definition) is 1. The molecule has 3 rings (SSSR count). The Balaban J connectivity index is 1.77. The van der Waals surface area contributed by atoms with Gasteiger partial charge in [0.05, 0.1) is 0 Å². The third-order valence-corrected chi connectivity index (χ3v) is 4.41. The van der Waals surface area contributed by atoms with Gasteiger partial charge in [-0.2, -0.15) is 0 Å². The standard InChI is InChI=1S/C15H23N3O/c1-12-6-10-17(11-12)15(19)14-3-2-9-18(14)13-4-7-16-8-5-13/h2-3,9,12-13,16H,4-8,10-11H2,1H3. The maximum atomic E-state index is 12.6. The fraction of sp³-hybridized carbons (Fsp3) is 0.667. The Labute approximate surface area is 114 Å². The van der Waals surface area contributed by atoms with Gasteiger partial charge in [0.15, 0.2) is 0 Å². The van der Waals surface area contributed by atoms with Crippen LogP contribution in [0.1, 0.15) is 42.7 Å². The van der Waals surface area contributed by atoms with Crippen LogP contribution in [0.15, 0.2) is 18.3 Å². The van der Waals surface area contributed by atoms with Gasteiger partial charge in [0.1, 0.15) is 5.69 Å². The SMILES string of the molecule is CC1CCN(C(=O)c2cccn2C2CCNCC2)C1. The number of carbonyl (C=O) groups is 1. The van der Waals surface area contributed by atoms with E-state index in [2.05, 4.69) is 23.0 Å². The summed E-state index contributed by atoms with van der Waals surface area (Å²) in [5.74, 6) is 0.860. The fourth-order valence-electron chi connectivity index (χ4n) is 3.26. The summed E-state index contributed by atoms with van der Waals surface area (Å²) in [6.07, 6.45) is 5.44. The molecule has 1 atom stereocenters. The number of amides is 1. The van der Waals surface area contributed by atoms with Crippen LogP contribution in [0.3, 0.4) is 0 Å². The summed E-state index contributed by atoms with van der Waals surface area (Å²) in [5.41, 5.74) is 0.876. The lowest BCUT2D eigenvalue weighted by molar-refractivity contribution is 0.0773. The van der Waals surface area contributed by atoms with E-state index in [0.29, 0.717) is 12.0 Å². The van der Waals surface area contributed by atoms with Crippen LogP contribution in [0.4, 0.5) is 0 Å². The number of hydrogen-bond acceptors (Lipinski definition) is 2. The Bertz CT molecular complexity index is 448. The van der Waals surface area contributed by atoms with Gasteiger partial charge in [0, 0.05) is 25.3 Å². The minimum Gasteiger partial charge on any atom is -0.340 e. The minimum absolute atomic E-state index is 0.216. The third kappa shape index (κ3) is 2.54. The number of likely N-dealkylation sites (tertiary alicyclic amines) is 1. The fourth-order valence-corrected chi connectivity index (χ4v) is 3.26. The van der Waals surface area contributed by atoms with Crippen molar-refractivity contribution >= 4 is 5.91 Å². The Kier molecular flexibility index (Phi) is 3.60. The normalized spacial score (nSPS) is 24.9. The summed E-state index contributed by atoms with van der Waals surface area (Å²) in [6, 6.07) is 4.47. The summed E-state index contributed by atoms with van der Waals surface area (Å²) in [4.78, 5) is 14.6. The van der Waals surface area contributed by atoms with E-state index in [0.717, 1.165) is 51.1 Å². The highest BCUT2D eigenvalue weighted by Gasteiger charge is 2.27. The molecule has 2 saturated heterocycles. The van der Waals surface area contributed by atoms with Crippen LogP contribution in [0.5, 0.6) is 0 Å². The molecule has 2 aliphatic rings. The Morgan fingerprint density at radius 3 is 2.79 bits per heavy atom. The molecule has 1 aromatic heterocycles. The largest absolute Gasteiger partial charge is 0.340 e. The molecule has 0 aromatic carbocycles. The van der Waals surface area contributed by atoms with Gasteiger partial charge in [-0.25, -0.2) is 0 Å². The van der Waals surface area contributed by atoms with Crippen molar-refractivity contribution in [3.8, 4) is 0 Å². The molecular weight excluding hydrogens is 238 g/mol. The molecule has 4 nitrogen and oxygen atoms in total. The van der Waals surface area contributed by atoms with E-state index in [1.54, 1.807) is 0 Å². The van der Waals surface area contributed by atoms with Crippen LogP contribution in [0.2, 0.25) is 0 Å². The first-order chi connectivity index (χ1) is 9.25. The minimum atomic E-state index is 0.216. The average molecular weight is 261 g/mol. The molecule has 3 heterocycles. The summed E-state index contributed by atoms with van der Waals surface area (Å²) >= 11 is 0. The van der Waals surface area contributed by atoms with Crippen molar-refractivity contribution in [2.75, 3.05) is 26.2 Å². The van der Waals surface area contributed by atoms with Gasteiger partial charge in [0.25, 0.3) is 5.91 Å². The zero-order chi connectivity index (χ0) is 13.2. The zero-order valence-corrected chi connectivity index (χ0v) is 11.6. The van der Waals surface area contributed by atoms with Crippen molar-refractivity contribution in [1.29, 1.82) is 0 Å². The van der Waals surface area contributed by atoms with Crippen molar-refractivity contribution in [2.24, 2.45) is 5.92 Å². The van der Waals surface area contributed by atoms with Gasteiger partial charge in [-0.1, -0.05) is 6.92 Å².